The molecule has 4 rings (SSSR count). The predicted octanol–water partition coefficient (Wildman–Crippen LogP) is 4.93. The highest BCUT2D eigenvalue weighted by atomic mass is 35.5. The largest absolute Gasteiger partial charge is 0.478 e. The van der Waals surface area contributed by atoms with Gasteiger partial charge in [0.05, 0.1) is 5.56 Å². The number of Topliss-reactive ketones (excluding diaryl/α,β-unsaturated/α-hetero) is 1. The molecule has 1 heterocycles. The van der Waals surface area contributed by atoms with Gasteiger partial charge in [0.2, 0.25) is 0 Å². The van der Waals surface area contributed by atoms with E-state index >= 15 is 0 Å². The number of hydrogen-bond donors (Lipinski definition) is 1. The number of hydrogen-bond acceptors (Lipinski definition) is 4. The van der Waals surface area contributed by atoms with Crippen LogP contribution in [0.4, 0.5) is 0 Å². The van der Waals surface area contributed by atoms with E-state index in [1.807, 2.05) is 13.0 Å². The molecule has 29 heavy (non-hydrogen) atoms. The Kier molecular flexibility index (Phi) is 4.95. The lowest BCUT2D eigenvalue weighted by Gasteiger charge is -2.29. The quantitative estimate of drug-likeness (QED) is 0.571. The zero-order valence-corrected chi connectivity index (χ0v) is 16.8. The van der Waals surface area contributed by atoms with Crippen LogP contribution >= 0.6 is 11.6 Å². The SMILES string of the molecule is Cc1cc(-c2ccc(C(=O)O)cc2)c(Cl)cc1C1C(=O)OC2(CCCCC2)C1=O. The van der Waals surface area contributed by atoms with Crippen LogP contribution in [0.15, 0.2) is 36.4 Å². The van der Waals surface area contributed by atoms with Gasteiger partial charge >= 0.3 is 11.9 Å². The molecule has 5 nitrogen and oxygen atoms in total. The lowest BCUT2D eigenvalue weighted by atomic mass is 9.77. The van der Waals surface area contributed by atoms with E-state index in [1.165, 1.54) is 12.1 Å². The van der Waals surface area contributed by atoms with E-state index in [2.05, 4.69) is 0 Å². The van der Waals surface area contributed by atoms with E-state index in [4.69, 9.17) is 21.4 Å². The molecule has 1 aliphatic carbocycles. The fourth-order valence-corrected chi connectivity index (χ4v) is 4.71. The summed E-state index contributed by atoms with van der Waals surface area (Å²) in [6.07, 6.45) is 4.01. The number of benzene rings is 2. The third-order valence-corrected chi connectivity index (χ3v) is 6.33. The maximum Gasteiger partial charge on any atom is 0.335 e. The number of carboxylic acid groups (broad SMARTS) is 1. The van der Waals surface area contributed by atoms with Gasteiger partial charge < -0.3 is 9.84 Å². The van der Waals surface area contributed by atoms with Crippen molar-refractivity contribution in [2.75, 3.05) is 0 Å². The zero-order chi connectivity index (χ0) is 20.8. The Morgan fingerprint density at radius 3 is 2.38 bits per heavy atom. The molecule has 6 heteroatoms. The summed E-state index contributed by atoms with van der Waals surface area (Å²) in [5.74, 6) is -2.58. The normalized spacial score (nSPS) is 20.7. The number of carboxylic acids is 1. The summed E-state index contributed by atoms with van der Waals surface area (Å²) in [6, 6.07) is 9.91. The van der Waals surface area contributed by atoms with Gasteiger partial charge in [-0.15, -0.1) is 0 Å². The molecule has 1 N–H and O–H groups in total. The predicted molar refractivity (Wildman–Crippen MR) is 108 cm³/mol. The smallest absolute Gasteiger partial charge is 0.335 e. The number of halogens is 1. The van der Waals surface area contributed by atoms with Gasteiger partial charge in [-0.05, 0) is 73.6 Å². The van der Waals surface area contributed by atoms with E-state index in [9.17, 15) is 14.4 Å². The molecule has 0 aromatic heterocycles. The summed E-state index contributed by atoms with van der Waals surface area (Å²) in [5.41, 5.74) is 2.06. The molecule has 2 aromatic rings. The summed E-state index contributed by atoms with van der Waals surface area (Å²) in [5, 5.41) is 9.46. The maximum atomic E-state index is 13.2. The average molecular weight is 413 g/mol. The van der Waals surface area contributed by atoms with Gasteiger partial charge in [0.25, 0.3) is 0 Å². The third-order valence-electron chi connectivity index (χ3n) is 6.01. The highest BCUT2D eigenvalue weighted by Crippen LogP contribution is 2.45. The molecule has 1 spiro atoms. The molecule has 2 aliphatic rings. The van der Waals surface area contributed by atoms with Crippen molar-refractivity contribution in [2.24, 2.45) is 0 Å². The van der Waals surface area contributed by atoms with Crippen LogP contribution in [0.3, 0.4) is 0 Å². The van der Waals surface area contributed by atoms with E-state index < -0.39 is 23.5 Å². The van der Waals surface area contributed by atoms with Gasteiger partial charge in [-0.1, -0.05) is 30.2 Å². The number of esters is 1. The van der Waals surface area contributed by atoms with Gasteiger partial charge in [0.15, 0.2) is 11.4 Å². The first-order valence-corrected chi connectivity index (χ1v) is 10.1. The van der Waals surface area contributed by atoms with Crippen molar-refractivity contribution in [1.29, 1.82) is 0 Å². The highest BCUT2D eigenvalue weighted by Gasteiger charge is 2.55. The lowest BCUT2D eigenvalue weighted by molar-refractivity contribution is -0.154. The number of rotatable bonds is 3. The second-order valence-corrected chi connectivity index (χ2v) is 8.25. The van der Waals surface area contributed by atoms with Crippen molar-refractivity contribution < 1.29 is 24.2 Å². The number of aryl methyl sites for hydroxylation is 1. The van der Waals surface area contributed by atoms with Crippen LogP contribution in [0.25, 0.3) is 11.1 Å². The lowest BCUT2D eigenvalue weighted by Crippen LogP contribution is -2.39. The van der Waals surface area contributed by atoms with Crippen LogP contribution in [0.1, 0.15) is 59.5 Å². The van der Waals surface area contributed by atoms with E-state index in [0.717, 1.165) is 36.0 Å². The molecule has 2 fully saturated rings. The molecule has 150 valence electrons. The van der Waals surface area contributed by atoms with Crippen LogP contribution in [0, 0.1) is 6.92 Å². The van der Waals surface area contributed by atoms with Crippen LogP contribution in [0.5, 0.6) is 0 Å². The summed E-state index contributed by atoms with van der Waals surface area (Å²) in [7, 11) is 0. The molecule has 1 saturated carbocycles. The number of ketones is 1. The number of aromatic carboxylic acids is 1. The second-order valence-electron chi connectivity index (χ2n) is 7.84. The molecule has 2 aromatic carbocycles. The standard InChI is InChI=1S/C23H21ClO5/c1-13-11-17(14-5-7-15(8-6-14)21(26)27)18(24)12-16(13)19-20(25)23(29-22(19)28)9-3-2-4-10-23/h5-8,11-12,19H,2-4,9-10H2,1H3,(H,26,27). The molecule has 0 amide bonds. The first kappa shape index (κ1) is 19.6. The number of carbonyl (C=O) groups excluding carboxylic acids is 2. The topological polar surface area (TPSA) is 80.7 Å². The Morgan fingerprint density at radius 1 is 1.10 bits per heavy atom. The van der Waals surface area contributed by atoms with Gasteiger partial charge in [-0.25, -0.2) is 4.79 Å². The van der Waals surface area contributed by atoms with Crippen LogP contribution < -0.4 is 0 Å². The Bertz CT molecular complexity index is 1000. The Balaban J connectivity index is 1.69. The van der Waals surface area contributed by atoms with Gasteiger partial charge in [-0.3, -0.25) is 9.59 Å². The molecule has 0 radical (unpaired) electrons. The third kappa shape index (κ3) is 3.33. The molecule has 1 atom stereocenters. The average Bonchev–Trinajstić information content (AvgIpc) is 2.93. The second kappa shape index (κ2) is 7.30. The van der Waals surface area contributed by atoms with Crippen molar-refractivity contribution >= 4 is 29.3 Å². The fraction of sp³-hybridized carbons (Fsp3) is 0.348. The highest BCUT2D eigenvalue weighted by molar-refractivity contribution is 6.33. The number of carbonyl (C=O) groups is 3. The maximum absolute atomic E-state index is 13.2. The van der Waals surface area contributed by atoms with Crippen molar-refractivity contribution in [3.8, 4) is 11.1 Å². The minimum Gasteiger partial charge on any atom is -0.478 e. The summed E-state index contributed by atoms with van der Waals surface area (Å²) < 4.78 is 5.63. The molecule has 1 aliphatic heterocycles. The Labute approximate surface area is 173 Å². The van der Waals surface area contributed by atoms with Gasteiger partial charge in [-0.2, -0.15) is 0 Å². The summed E-state index contributed by atoms with van der Waals surface area (Å²) >= 11 is 6.51. The first-order chi connectivity index (χ1) is 13.8. The van der Waals surface area contributed by atoms with Crippen molar-refractivity contribution in [3.05, 3.63) is 58.1 Å². The Morgan fingerprint density at radius 2 is 1.76 bits per heavy atom. The van der Waals surface area contributed by atoms with Crippen LogP contribution in [0.2, 0.25) is 5.02 Å². The van der Waals surface area contributed by atoms with E-state index in [-0.39, 0.29) is 11.3 Å². The van der Waals surface area contributed by atoms with E-state index in [1.54, 1.807) is 18.2 Å². The van der Waals surface area contributed by atoms with Crippen molar-refractivity contribution in [1.82, 2.24) is 0 Å². The molecular weight excluding hydrogens is 392 g/mol. The minimum atomic E-state index is -0.996. The monoisotopic (exact) mass is 412 g/mol. The fourth-order valence-electron chi connectivity index (χ4n) is 4.43. The number of ether oxygens (including phenoxy) is 1. The molecule has 0 bridgehead atoms. The van der Waals surface area contributed by atoms with Crippen LogP contribution in [-0.4, -0.2) is 28.4 Å². The molecular formula is C23H21ClO5. The zero-order valence-electron chi connectivity index (χ0n) is 16.0. The summed E-state index contributed by atoms with van der Waals surface area (Å²) in [6.45, 7) is 1.84. The molecule has 1 unspecified atom stereocenters. The minimum absolute atomic E-state index is 0.153. The summed E-state index contributed by atoms with van der Waals surface area (Å²) in [4.78, 5) is 36.9. The van der Waals surface area contributed by atoms with Crippen LogP contribution in [-0.2, 0) is 14.3 Å². The van der Waals surface area contributed by atoms with Crippen molar-refractivity contribution in [2.45, 2.75) is 50.5 Å². The van der Waals surface area contributed by atoms with Crippen molar-refractivity contribution in [3.63, 3.8) is 0 Å². The molecule has 1 saturated heterocycles. The van der Waals surface area contributed by atoms with E-state index in [0.29, 0.717) is 23.4 Å². The first-order valence-electron chi connectivity index (χ1n) is 9.73. The van der Waals surface area contributed by atoms with Gasteiger partial charge in [0.1, 0.15) is 5.92 Å². The van der Waals surface area contributed by atoms with Gasteiger partial charge in [0, 0.05) is 10.6 Å². The Hall–Kier alpha value is -2.66.